The van der Waals surface area contributed by atoms with Crippen molar-refractivity contribution in [3.05, 3.63) is 30.6 Å². The van der Waals surface area contributed by atoms with E-state index in [1.807, 2.05) is 28.8 Å². The first kappa shape index (κ1) is 18.8. The van der Waals surface area contributed by atoms with E-state index in [-0.39, 0.29) is 17.8 Å². The zero-order valence-electron chi connectivity index (χ0n) is 15.1. The van der Waals surface area contributed by atoms with Gasteiger partial charge in [0.05, 0.1) is 12.9 Å². The van der Waals surface area contributed by atoms with Crippen molar-refractivity contribution in [3.8, 4) is 11.4 Å². The summed E-state index contributed by atoms with van der Waals surface area (Å²) in [6.07, 6.45) is 9.77. The van der Waals surface area contributed by atoms with Gasteiger partial charge in [0.25, 0.3) is 0 Å². The molecule has 0 spiro atoms. The molecule has 1 heterocycles. The van der Waals surface area contributed by atoms with Crippen LogP contribution < -0.4 is 4.74 Å². The number of hydrogen-bond acceptors (Lipinski definition) is 6. The molecule has 0 radical (unpaired) electrons. The first-order valence-electron chi connectivity index (χ1n) is 9.13. The Balaban J connectivity index is 1.54. The fourth-order valence-corrected chi connectivity index (χ4v) is 3.83. The smallest absolute Gasteiger partial charge is 0.316 e. The van der Waals surface area contributed by atoms with Crippen LogP contribution in [0.1, 0.15) is 44.9 Å². The monoisotopic (exact) mass is 375 g/mol. The number of hydrogen-bond donors (Lipinski definition) is 0. The number of methoxy groups -OCH3 is 1. The van der Waals surface area contributed by atoms with Crippen LogP contribution in [-0.4, -0.2) is 39.7 Å². The lowest BCUT2D eigenvalue weighted by Crippen LogP contribution is -2.20. The van der Waals surface area contributed by atoms with Gasteiger partial charge in [-0.1, -0.05) is 31.0 Å². The van der Waals surface area contributed by atoms with E-state index >= 15 is 0 Å². The van der Waals surface area contributed by atoms with Gasteiger partial charge in [-0.2, -0.15) is 0 Å². The topological polar surface area (TPSA) is 66.2 Å². The first-order chi connectivity index (χ1) is 12.8. The molecule has 1 aliphatic rings. The minimum Gasteiger partial charge on any atom is -0.497 e. The molecule has 0 atom stereocenters. The molecule has 26 heavy (non-hydrogen) atoms. The SMILES string of the molecule is COc1ccc(-n2cnnc2SCC(=O)OC2CCCCCCC2)cc1. The van der Waals surface area contributed by atoms with Gasteiger partial charge in [0.2, 0.25) is 0 Å². The summed E-state index contributed by atoms with van der Waals surface area (Å²) in [7, 11) is 1.64. The number of esters is 1. The zero-order valence-corrected chi connectivity index (χ0v) is 15.9. The van der Waals surface area contributed by atoms with Crippen molar-refractivity contribution in [2.75, 3.05) is 12.9 Å². The molecule has 1 fully saturated rings. The van der Waals surface area contributed by atoms with E-state index in [2.05, 4.69) is 10.2 Å². The number of thioether (sulfide) groups is 1. The Morgan fingerprint density at radius 2 is 1.85 bits per heavy atom. The molecule has 140 valence electrons. The van der Waals surface area contributed by atoms with E-state index < -0.39 is 0 Å². The van der Waals surface area contributed by atoms with E-state index in [9.17, 15) is 4.79 Å². The van der Waals surface area contributed by atoms with E-state index in [0.717, 1.165) is 37.1 Å². The third-order valence-corrected chi connectivity index (χ3v) is 5.45. The summed E-state index contributed by atoms with van der Waals surface area (Å²) in [6, 6.07) is 7.62. The number of ether oxygens (including phenoxy) is 2. The fraction of sp³-hybridized carbons (Fsp3) is 0.526. The summed E-state index contributed by atoms with van der Waals surface area (Å²) in [4.78, 5) is 12.2. The Labute approximate surface area is 158 Å². The van der Waals surface area contributed by atoms with Crippen LogP contribution in [0.4, 0.5) is 0 Å². The van der Waals surface area contributed by atoms with Crippen LogP contribution in [0.25, 0.3) is 5.69 Å². The number of nitrogens with zero attached hydrogens (tertiary/aromatic N) is 3. The molecular formula is C19H25N3O3S. The Kier molecular flexibility index (Phi) is 6.94. The second-order valence-corrected chi connectivity index (χ2v) is 7.37. The van der Waals surface area contributed by atoms with E-state index in [1.54, 1.807) is 13.4 Å². The summed E-state index contributed by atoms with van der Waals surface area (Å²) < 4.78 is 12.7. The lowest BCUT2D eigenvalue weighted by atomic mass is 9.99. The number of rotatable bonds is 6. The number of aromatic nitrogens is 3. The molecule has 0 aliphatic heterocycles. The quantitative estimate of drug-likeness (QED) is 0.561. The fourth-order valence-electron chi connectivity index (χ4n) is 3.12. The third-order valence-electron chi connectivity index (χ3n) is 4.54. The number of benzene rings is 1. The molecule has 0 saturated heterocycles. The highest BCUT2D eigenvalue weighted by Gasteiger charge is 2.17. The van der Waals surface area contributed by atoms with Crippen LogP contribution in [0.5, 0.6) is 5.75 Å². The Morgan fingerprint density at radius 1 is 1.15 bits per heavy atom. The Hall–Kier alpha value is -2.02. The first-order valence-corrected chi connectivity index (χ1v) is 10.1. The molecule has 0 amide bonds. The highest BCUT2D eigenvalue weighted by molar-refractivity contribution is 7.99. The maximum absolute atomic E-state index is 12.2. The molecule has 2 aromatic rings. The van der Waals surface area contributed by atoms with Crippen LogP contribution in [0, 0.1) is 0 Å². The van der Waals surface area contributed by atoms with Crippen molar-refractivity contribution < 1.29 is 14.3 Å². The summed E-state index contributed by atoms with van der Waals surface area (Å²) in [5.41, 5.74) is 0.923. The van der Waals surface area contributed by atoms with Crippen molar-refractivity contribution in [2.24, 2.45) is 0 Å². The van der Waals surface area contributed by atoms with Gasteiger partial charge in [-0.3, -0.25) is 9.36 Å². The van der Waals surface area contributed by atoms with Crippen molar-refractivity contribution in [2.45, 2.75) is 56.2 Å². The van der Waals surface area contributed by atoms with Crippen LogP contribution in [0.2, 0.25) is 0 Å². The normalized spacial score (nSPS) is 15.9. The van der Waals surface area contributed by atoms with Gasteiger partial charge in [-0.15, -0.1) is 10.2 Å². The largest absolute Gasteiger partial charge is 0.497 e. The minimum atomic E-state index is -0.176. The van der Waals surface area contributed by atoms with Crippen LogP contribution >= 0.6 is 11.8 Å². The molecule has 1 aromatic carbocycles. The van der Waals surface area contributed by atoms with E-state index in [1.165, 1.54) is 31.0 Å². The Morgan fingerprint density at radius 3 is 2.54 bits per heavy atom. The molecule has 1 aromatic heterocycles. The maximum Gasteiger partial charge on any atom is 0.316 e. The summed E-state index contributed by atoms with van der Waals surface area (Å²) in [6.45, 7) is 0. The molecular weight excluding hydrogens is 350 g/mol. The maximum atomic E-state index is 12.2. The molecule has 7 heteroatoms. The van der Waals surface area contributed by atoms with Gasteiger partial charge >= 0.3 is 5.97 Å². The van der Waals surface area contributed by atoms with Gasteiger partial charge in [0, 0.05) is 5.69 Å². The second kappa shape index (κ2) is 9.62. The van der Waals surface area contributed by atoms with E-state index in [4.69, 9.17) is 9.47 Å². The van der Waals surface area contributed by atoms with Crippen LogP contribution in [0.3, 0.4) is 0 Å². The molecule has 3 rings (SSSR count). The number of carbonyl (C=O) groups excluding carboxylic acids is 1. The highest BCUT2D eigenvalue weighted by Crippen LogP contribution is 2.23. The second-order valence-electron chi connectivity index (χ2n) is 6.43. The van der Waals surface area contributed by atoms with Crippen molar-refractivity contribution in [1.29, 1.82) is 0 Å². The summed E-state index contributed by atoms with van der Waals surface area (Å²) >= 11 is 1.35. The predicted molar refractivity (Wildman–Crippen MR) is 101 cm³/mol. The van der Waals surface area contributed by atoms with Crippen LogP contribution in [-0.2, 0) is 9.53 Å². The number of carbonyl (C=O) groups is 1. The highest BCUT2D eigenvalue weighted by atomic mass is 32.2. The molecule has 1 aliphatic carbocycles. The summed E-state index contributed by atoms with van der Waals surface area (Å²) in [5, 5.41) is 8.76. The molecule has 1 saturated carbocycles. The predicted octanol–water partition coefficient (Wildman–Crippen LogP) is 4.02. The van der Waals surface area contributed by atoms with Crippen molar-refractivity contribution >= 4 is 17.7 Å². The van der Waals surface area contributed by atoms with Gasteiger partial charge in [-0.05, 0) is 49.9 Å². The average Bonchev–Trinajstić information content (AvgIpc) is 3.11. The molecule has 0 unspecified atom stereocenters. The van der Waals surface area contributed by atoms with Crippen molar-refractivity contribution in [3.63, 3.8) is 0 Å². The lowest BCUT2D eigenvalue weighted by Gasteiger charge is -2.20. The summed E-state index contributed by atoms with van der Waals surface area (Å²) in [5.74, 6) is 0.856. The van der Waals surface area contributed by atoms with E-state index in [0.29, 0.717) is 5.16 Å². The third kappa shape index (κ3) is 5.24. The van der Waals surface area contributed by atoms with Gasteiger partial charge in [-0.25, -0.2) is 0 Å². The lowest BCUT2D eigenvalue weighted by molar-refractivity contribution is -0.146. The molecule has 0 bridgehead atoms. The average molecular weight is 375 g/mol. The molecule has 6 nitrogen and oxygen atoms in total. The minimum absolute atomic E-state index is 0.0721. The van der Waals surface area contributed by atoms with Gasteiger partial charge in [0.15, 0.2) is 5.16 Å². The Bertz CT molecular complexity index is 694. The molecule has 0 N–H and O–H groups in total. The zero-order chi connectivity index (χ0) is 18.2. The van der Waals surface area contributed by atoms with Gasteiger partial charge in [0.1, 0.15) is 18.2 Å². The van der Waals surface area contributed by atoms with Crippen molar-refractivity contribution in [1.82, 2.24) is 14.8 Å². The van der Waals surface area contributed by atoms with Crippen LogP contribution in [0.15, 0.2) is 35.7 Å². The van der Waals surface area contributed by atoms with Gasteiger partial charge < -0.3 is 9.47 Å². The standard InChI is InChI=1S/C19H25N3O3S/c1-24-16-11-9-15(10-12-16)22-14-20-21-19(22)26-13-18(23)25-17-7-5-3-2-4-6-8-17/h9-12,14,17H,2-8,13H2,1H3.